The number of nitrogens with one attached hydrogen (secondary N) is 1. The highest BCUT2D eigenvalue weighted by Gasteiger charge is 2.27. The average Bonchev–Trinajstić information content (AvgIpc) is 3.51. The van der Waals surface area contributed by atoms with Crippen molar-refractivity contribution in [3.63, 3.8) is 0 Å². The molecule has 3 heterocycles. The van der Waals surface area contributed by atoms with Gasteiger partial charge in [-0.1, -0.05) is 30.3 Å². The first-order valence-corrected chi connectivity index (χ1v) is 12.5. The molecule has 5 rings (SSSR count). The molecule has 2 amide bonds. The number of pyridine rings is 1. The first-order valence-electron chi connectivity index (χ1n) is 12.5. The van der Waals surface area contributed by atoms with E-state index in [0.29, 0.717) is 35.7 Å². The molecule has 38 heavy (non-hydrogen) atoms. The molecule has 9 nitrogen and oxygen atoms in total. The summed E-state index contributed by atoms with van der Waals surface area (Å²) in [7, 11) is 1.68. The van der Waals surface area contributed by atoms with Crippen LogP contribution >= 0.6 is 0 Å². The monoisotopic (exact) mass is 514 g/mol. The Hall–Kier alpha value is -4.37. The summed E-state index contributed by atoms with van der Waals surface area (Å²) in [6, 6.07) is 17.9. The number of aromatic nitrogens is 2. The number of hydrogen-bond acceptors (Lipinski definition) is 6. The molecular formula is C29H30N4O5. The Kier molecular flexibility index (Phi) is 7.28. The van der Waals surface area contributed by atoms with Crippen LogP contribution in [0.2, 0.25) is 0 Å². The quantitative estimate of drug-likeness (QED) is 0.356. The van der Waals surface area contributed by atoms with Crippen molar-refractivity contribution in [2.45, 2.75) is 32.4 Å². The minimum Gasteiger partial charge on any atom is -0.454 e. The molecule has 0 saturated heterocycles. The number of anilines is 1. The highest BCUT2D eigenvalue weighted by Crippen LogP contribution is 2.35. The summed E-state index contributed by atoms with van der Waals surface area (Å²) < 4.78 is 12.7. The lowest BCUT2D eigenvalue weighted by molar-refractivity contribution is -0.127. The van der Waals surface area contributed by atoms with E-state index >= 15 is 0 Å². The number of carbonyl (C=O) groups is 2. The van der Waals surface area contributed by atoms with Gasteiger partial charge in [0, 0.05) is 49.1 Å². The molecule has 196 valence electrons. The van der Waals surface area contributed by atoms with Crippen LogP contribution in [0.4, 0.5) is 5.69 Å². The number of rotatable bonds is 9. The van der Waals surface area contributed by atoms with E-state index in [9.17, 15) is 14.7 Å². The number of aliphatic hydroxyl groups is 1. The second-order valence-corrected chi connectivity index (χ2v) is 9.24. The zero-order chi connectivity index (χ0) is 26.6. The van der Waals surface area contributed by atoms with E-state index < -0.39 is 6.04 Å². The second-order valence-electron chi connectivity index (χ2n) is 9.24. The number of ether oxygens (including phenoxy) is 2. The van der Waals surface area contributed by atoms with Gasteiger partial charge >= 0.3 is 0 Å². The van der Waals surface area contributed by atoms with Crippen molar-refractivity contribution >= 4 is 28.5 Å². The summed E-state index contributed by atoms with van der Waals surface area (Å²) in [4.78, 5) is 33.1. The van der Waals surface area contributed by atoms with Gasteiger partial charge in [0.1, 0.15) is 18.2 Å². The van der Waals surface area contributed by atoms with Gasteiger partial charge < -0.3 is 29.4 Å². The third-order valence-corrected chi connectivity index (χ3v) is 6.86. The fraction of sp³-hybridized carbons (Fsp3) is 0.276. The van der Waals surface area contributed by atoms with Gasteiger partial charge in [0.25, 0.3) is 0 Å². The van der Waals surface area contributed by atoms with Crippen LogP contribution in [-0.4, -0.2) is 53.0 Å². The van der Waals surface area contributed by atoms with Crippen LogP contribution in [0.25, 0.3) is 11.0 Å². The van der Waals surface area contributed by atoms with E-state index in [1.165, 1.54) is 4.90 Å². The molecule has 1 aliphatic rings. The number of fused-ring (bicyclic) bond motifs is 2. The number of hydrogen-bond donors (Lipinski definition) is 2. The van der Waals surface area contributed by atoms with Crippen LogP contribution in [0, 0.1) is 6.92 Å². The molecule has 2 N–H and O–H groups in total. The summed E-state index contributed by atoms with van der Waals surface area (Å²) in [6.07, 6.45) is 2.48. The van der Waals surface area contributed by atoms with Gasteiger partial charge in [0.05, 0.1) is 0 Å². The van der Waals surface area contributed by atoms with Crippen molar-refractivity contribution in [1.29, 1.82) is 0 Å². The summed E-state index contributed by atoms with van der Waals surface area (Å²) in [5.74, 6) is 0.646. The predicted molar refractivity (Wildman–Crippen MR) is 143 cm³/mol. The van der Waals surface area contributed by atoms with E-state index in [1.54, 1.807) is 31.4 Å². The third-order valence-electron chi connectivity index (χ3n) is 6.86. The van der Waals surface area contributed by atoms with Gasteiger partial charge in [-0.3, -0.25) is 9.59 Å². The lowest BCUT2D eigenvalue weighted by Crippen LogP contribution is -2.49. The van der Waals surface area contributed by atoms with Crippen LogP contribution in [-0.2, 0) is 29.0 Å². The number of benzene rings is 2. The molecule has 0 bridgehead atoms. The fourth-order valence-electron chi connectivity index (χ4n) is 4.87. The zero-order valence-corrected chi connectivity index (χ0v) is 21.4. The topological polar surface area (TPSA) is 106 Å². The minimum absolute atomic E-state index is 0.000882. The number of nitrogens with zero attached hydrogens (tertiary/aromatic N) is 3. The molecule has 1 aliphatic heterocycles. The Morgan fingerprint density at radius 3 is 2.68 bits per heavy atom. The fourth-order valence-corrected chi connectivity index (χ4v) is 4.87. The molecule has 2 aromatic heterocycles. The summed E-state index contributed by atoms with van der Waals surface area (Å²) >= 11 is 0. The van der Waals surface area contributed by atoms with Crippen molar-refractivity contribution in [3.05, 3.63) is 83.7 Å². The van der Waals surface area contributed by atoms with Crippen molar-refractivity contribution < 1.29 is 24.2 Å². The average molecular weight is 515 g/mol. The van der Waals surface area contributed by atoms with Crippen LogP contribution in [0.1, 0.15) is 16.8 Å². The zero-order valence-electron chi connectivity index (χ0n) is 21.4. The number of aliphatic hydroxyl groups excluding tert-OH is 1. The smallest absolute Gasteiger partial charge is 0.249 e. The van der Waals surface area contributed by atoms with Crippen molar-refractivity contribution in [2.75, 3.05) is 25.3 Å². The van der Waals surface area contributed by atoms with Crippen LogP contribution in [0.5, 0.6) is 11.5 Å². The van der Waals surface area contributed by atoms with Crippen LogP contribution < -0.4 is 19.7 Å². The Bertz CT molecular complexity index is 1470. The van der Waals surface area contributed by atoms with Gasteiger partial charge in [0.15, 0.2) is 11.5 Å². The highest BCUT2D eigenvalue weighted by atomic mass is 16.7. The van der Waals surface area contributed by atoms with Gasteiger partial charge in [-0.05, 0) is 48.7 Å². The maximum absolute atomic E-state index is 13.7. The van der Waals surface area contributed by atoms with E-state index in [0.717, 1.165) is 22.2 Å². The lowest BCUT2D eigenvalue weighted by Gasteiger charge is -2.25. The van der Waals surface area contributed by atoms with Crippen LogP contribution in [0.3, 0.4) is 0 Å². The summed E-state index contributed by atoms with van der Waals surface area (Å²) in [5, 5.41) is 13.4. The van der Waals surface area contributed by atoms with E-state index in [1.807, 2.05) is 54.0 Å². The first kappa shape index (κ1) is 25.3. The second kappa shape index (κ2) is 10.9. The molecule has 0 saturated carbocycles. The SMILES string of the molecule is Cc1c(CCO)c2cccnc2n1CC(=O)NC(Cc1ccccc1)C(=O)N(C)c1ccc2c(c1)OCO2. The predicted octanol–water partition coefficient (Wildman–Crippen LogP) is 3.00. The highest BCUT2D eigenvalue weighted by molar-refractivity contribution is 5.99. The molecular weight excluding hydrogens is 484 g/mol. The molecule has 9 heteroatoms. The molecule has 0 aliphatic carbocycles. The number of likely N-dealkylation sites (N-methyl/N-ethyl adjacent to an activating group) is 1. The van der Waals surface area contributed by atoms with Crippen molar-refractivity contribution in [2.24, 2.45) is 0 Å². The first-order chi connectivity index (χ1) is 18.5. The third kappa shape index (κ3) is 5.05. The maximum Gasteiger partial charge on any atom is 0.249 e. The lowest BCUT2D eigenvalue weighted by atomic mass is 10.0. The molecule has 4 aromatic rings. The summed E-state index contributed by atoms with van der Waals surface area (Å²) in [5.41, 5.74) is 4.07. The minimum atomic E-state index is -0.799. The van der Waals surface area contributed by atoms with Crippen molar-refractivity contribution in [3.8, 4) is 11.5 Å². The molecule has 0 spiro atoms. The Morgan fingerprint density at radius 1 is 1.11 bits per heavy atom. The number of carbonyl (C=O) groups excluding carboxylic acids is 2. The van der Waals surface area contributed by atoms with Crippen molar-refractivity contribution in [1.82, 2.24) is 14.9 Å². The Labute approximate surface area is 220 Å². The van der Waals surface area contributed by atoms with Gasteiger partial charge in [-0.15, -0.1) is 0 Å². The molecule has 0 radical (unpaired) electrons. The van der Waals surface area contributed by atoms with E-state index in [2.05, 4.69) is 10.3 Å². The van der Waals surface area contributed by atoms with E-state index in [4.69, 9.17) is 9.47 Å². The molecule has 2 aromatic carbocycles. The Morgan fingerprint density at radius 2 is 1.89 bits per heavy atom. The summed E-state index contributed by atoms with van der Waals surface area (Å²) in [6.45, 7) is 2.06. The number of amides is 2. The Balaban J connectivity index is 1.40. The van der Waals surface area contributed by atoms with Gasteiger partial charge in [0.2, 0.25) is 18.6 Å². The molecule has 1 atom stereocenters. The van der Waals surface area contributed by atoms with Gasteiger partial charge in [-0.25, -0.2) is 4.98 Å². The maximum atomic E-state index is 13.7. The van der Waals surface area contributed by atoms with Crippen LogP contribution in [0.15, 0.2) is 66.9 Å². The normalized spacial score (nSPS) is 12.9. The largest absolute Gasteiger partial charge is 0.454 e. The molecule has 1 unspecified atom stereocenters. The van der Waals surface area contributed by atoms with E-state index in [-0.39, 0.29) is 31.8 Å². The standard InChI is InChI=1S/C29H30N4O5/c1-19-22(12-14-34)23-9-6-13-30-28(23)33(19)17-27(35)31-24(15-20-7-4-3-5-8-20)29(36)32(2)21-10-11-25-26(16-21)38-18-37-25/h3-11,13,16,24,34H,12,14-15,17-18H2,1-2H3,(H,31,35). The molecule has 0 fully saturated rings. The van der Waals surface area contributed by atoms with Gasteiger partial charge in [-0.2, -0.15) is 0 Å².